The van der Waals surface area contributed by atoms with E-state index < -0.39 is 0 Å². The van der Waals surface area contributed by atoms with Crippen LogP contribution in [0.25, 0.3) is 0 Å². The highest BCUT2D eigenvalue weighted by Crippen LogP contribution is 2.22. The van der Waals surface area contributed by atoms with Crippen molar-refractivity contribution in [2.75, 3.05) is 18.4 Å². The quantitative estimate of drug-likeness (QED) is 0.659. The molecule has 3 rings (SSSR count). The molecule has 0 unspecified atom stereocenters. The van der Waals surface area contributed by atoms with E-state index in [1.807, 2.05) is 42.5 Å². The number of anilines is 1. The first-order valence-electron chi connectivity index (χ1n) is 10.6. The number of hydrogen-bond acceptors (Lipinski definition) is 3. The van der Waals surface area contributed by atoms with Crippen molar-refractivity contribution in [2.45, 2.75) is 39.0 Å². The summed E-state index contributed by atoms with van der Waals surface area (Å²) in [4.78, 5) is 39.1. The molecule has 1 saturated heterocycles. The minimum Gasteiger partial charge on any atom is -0.324 e. The summed E-state index contributed by atoms with van der Waals surface area (Å²) in [6.45, 7) is 7.22. The number of urea groups is 1. The number of amides is 4. The van der Waals surface area contributed by atoms with Crippen LogP contribution in [0.3, 0.4) is 0 Å². The molecule has 0 radical (unpaired) electrons. The van der Waals surface area contributed by atoms with Gasteiger partial charge in [-0.1, -0.05) is 51.1 Å². The molecule has 1 aliphatic heterocycles. The van der Waals surface area contributed by atoms with Gasteiger partial charge in [-0.05, 0) is 48.1 Å². The molecule has 164 valence electrons. The Morgan fingerprint density at radius 3 is 2.26 bits per heavy atom. The first-order valence-corrected chi connectivity index (χ1v) is 10.6. The molecule has 0 spiro atoms. The molecule has 1 heterocycles. The average molecular weight is 423 g/mol. The summed E-state index contributed by atoms with van der Waals surface area (Å²) < 4.78 is 0. The molecular formula is C24H30N4O3. The Balaban J connectivity index is 1.50. The number of benzene rings is 2. The maximum atomic E-state index is 12.6. The molecule has 1 aliphatic rings. The highest BCUT2D eigenvalue weighted by atomic mass is 16.2. The van der Waals surface area contributed by atoms with Gasteiger partial charge in [-0.15, -0.1) is 0 Å². The van der Waals surface area contributed by atoms with Crippen LogP contribution in [0, 0.1) is 5.92 Å². The smallest absolute Gasteiger partial charge is 0.321 e. The van der Waals surface area contributed by atoms with Gasteiger partial charge in [-0.3, -0.25) is 20.4 Å². The standard InChI is InChI=1S/C24H30N4O3/c1-24(2,3)19-13-11-17(12-14-19)21(29)26-27-22(30)18-8-7-15-28(16-18)23(31)25-20-9-5-4-6-10-20/h4-6,9-14,18H,7-8,15-16H2,1-3H3,(H,25,31)(H,26,29)(H,27,30)/t18-/m1/s1. The second kappa shape index (κ2) is 9.64. The molecule has 0 saturated carbocycles. The van der Waals surface area contributed by atoms with E-state index in [1.54, 1.807) is 17.0 Å². The molecule has 0 bridgehead atoms. The molecule has 7 heteroatoms. The highest BCUT2D eigenvalue weighted by molar-refractivity contribution is 5.95. The number of nitrogens with one attached hydrogen (secondary N) is 3. The van der Waals surface area contributed by atoms with Gasteiger partial charge in [0.05, 0.1) is 5.92 Å². The molecule has 4 amide bonds. The zero-order valence-electron chi connectivity index (χ0n) is 18.3. The maximum absolute atomic E-state index is 12.6. The fraction of sp³-hybridized carbons (Fsp3) is 0.375. The van der Waals surface area contributed by atoms with Crippen molar-refractivity contribution in [3.63, 3.8) is 0 Å². The Hall–Kier alpha value is -3.35. The lowest BCUT2D eigenvalue weighted by Crippen LogP contribution is -2.50. The normalized spacial score (nSPS) is 16.4. The van der Waals surface area contributed by atoms with Crippen LogP contribution in [0.4, 0.5) is 10.5 Å². The van der Waals surface area contributed by atoms with E-state index in [1.165, 1.54) is 0 Å². The molecule has 1 fully saturated rings. The largest absolute Gasteiger partial charge is 0.324 e. The zero-order valence-corrected chi connectivity index (χ0v) is 18.3. The minimum atomic E-state index is -0.376. The number of nitrogens with zero attached hydrogens (tertiary/aromatic N) is 1. The van der Waals surface area contributed by atoms with E-state index in [0.717, 1.165) is 12.0 Å². The third kappa shape index (κ3) is 6.07. The fourth-order valence-corrected chi connectivity index (χ4v) is 3.51. The van der Waals surface area contributed by atoms with Crippen molar-refractivity contribution in [1.82, 2.24) is 15.8 Å². The number of likely N-dealkylation sites (tertiary alicyclic amines) is 1. The summed E-state index contributed by atoms with van der Waals surface area (Å²) in [5.41, 5.74) is 7.30. The molecule has 2 aromatic carbocycles. The molecular weight excluding hydrogens is 392 g/mol. The van der Waals surface area contributed by atoms with E-state index in [-0.39, 0.29) is 29.2 Å². The van der Waals surface area contributed by atoms with Gasteiger partial charge in [-0.25, -0.2) is 4.79 Å². The van der Waals surface area contributed by atoms with E-state index in [4.69, 9.17) is 0 Å². The van der Waals surface area contributed by atoms with E-state index in [0.29, 0.717) is 30.8 Å². The van der Waals surface area contributed by atoms with Gasteiger partial charge in [0, 0.05) is 24.3 Å². The van der Waals surface area contributed by atoms with Crippen molar-refractivity contribution in [1.29, 1.82) is 0 Å². The highest BCUT2D eigenvalue weighted by Gasteiger charge is 2.28. The maximum Gasteiger partial charge on any atom is 0.321 e. The van der Waals surface area contributed by atoms with Gasteiger partial charge >= 0.3 is 6.03 Å². The number of carbonyl (C=O) groups is 3. The van der Waals surface area contributed by atoms with Crippen LogP contribution in [0.1, 0.15) is 49.5 Å². The SMILES string of the molecule is CC(C)(C)c1ccc(C(=O)NNC(=O)[C@@H]2CCCN(C(=O)Nc3ccccc3)C2)cc1. The Bertz CT molecular complexity index is 920. The van der Waals surface area contributed by atoms with Gasteiger partial charge in [0.2, 0.25) is 5.91 Å². The average Bonchev–Trinajstić information content (AvgIpc) is 2.77. The van der Waals surface area contributed by atoms with Gasteiger partial charge in [0.25, 0.3) is 5.91 Å². The number of hydrazine groups is 1. The van der Waals surface area contributed by atoms with Crippen LogP contribution in [-0.2, 0) is 10.2 Å². The van der Waals surface area contributed by atoms with Crippen LogP contribution < -0.4 is 16.2 Å². The summed E-state index contributed by atoms with van der Waals surface area (Å²) in [6.07, 6.45) is 1.39. The van der Waals surface area contributed by atoms with Crippen molar-refractivity contribution < 1.29 is 14.4 Å². The zero-order chi connectivity index (χ0) is 22.4. The number of hydrogen-bond donors (Lipinski definition) is 3. The summed E-state index contributed by atoms with van der Waals surface area (Å²) in [5, 5.41) is 2.84. The van der Waals surface area contributed by atoms with E-state index in [2.05, 4.69) is 36.9 Å². The van der Waals surface area contributed by atoms with Gasteiger partial charge in [-0.2, -0.15) is 0 Å². The van der Waals surface area contributed by atoms with Crippen LogP contribution >= 0.6 is 0 Å². The van der Waals surface area contributed by atoms with E-state index in [9.17, 15) is 14.4 Å². The molecule has 0 aliphatic carbocycles. The molecule has 0 aromatic heterocycles. The third-order valence-electron chi connectivity index (χ3n) is 5.42. The topological polar surface area (TPSA) is 90.5 Å². The second-order valence-corrected chi connectivity index (χ2v) is 8.85. The van der Waals surface area contributed by atoms with Crippen LogP contribution in [0.5, 0.6) is 0 Å². The number of para-hydroxylation sites is 1. The van der Waals surface area contributed by atoms with Gasteiger partial charge in [0.15, 0.2) is 0 Å². The van der Waals surface area contributed by atoms with Crippen LogP contribution in [0.2, 0.25) is 0 Å². The molecule has 2 aromatic rings. The molecule has 1 atom stereocenters. The lowest BCUT2D eigenvalue weighted by molar-refractivity contribution is -0.127. The van der Waals surface area contributed by atoms with Crippen LogP contribution in [0.15, 0.2) is 54.6 Å². The summed E-state index contributed by atoms with van der Waals surface area (Å²) >= 11 is 0. The predicted molar refractivity (Wildman–Crippen MR) is 121 cm³/mol. The number of carbonyl (C=O) groups excluding carboxylic acids is 3. The van der Waals surface area contributed by atoms with E-state index >= 15 is 0 Å². The monoisotopic (exact) mass is 422 g/mol. The molecule has 3 N–H and O–H groups in total. The summed E-state index contributed by atoms with van der Waals surface area (Å²) in [7, 11) is 0. The summed E-state index contributed by atoms with van der Waals surface area (Å²) in [6, 6.07) is 16.3. The van der Waals surface area contributed by atoms with Crippen molar-refractivity contribution in [3.8, 4) is 0 Å². The number of rotatable bonds is 3. The van der Waals surface area contributed by atoms with Crippen molar-refractivity contribution in [2.24, 2.45) is 5.92 Å². The Morgan fingerprint density at radius 2 is 1.61 bits per heavy atom. The number of piperidine rings is 1. The molecule has 31 heavy (non-hydrogen) atoms. The Morgan fingerprint density at radius 1 is 0.935 bits per heavy atom. The summed E-state index contributed by atoms with van der Waals surface area (Å²) in [5.74, 6) is -1.04. The first kappa shape index (κ1) is 22.3. The minimum absolute atomic E-state index is 0.00286. The van der Waals surface area contributed by atoms with Crippen molar-refractivity contribution in [3.05, 3.63) is 65.7 Å². The van der Waals surface area contributed by atoms with Crippen LogP contribution in [-0.4, -0.2) is 35.8 Å². The first-order chi connectivity index (χ1) is 14.7. The van der Waals surface area contributed by atoms with Gasteiger partial charge < -0.3 is 10.2 Å². The lowest BCUT2D eigenvalue weighted by atomic mass is 9.87. The van der Waals surface area contributed by atoms with Crippen molar-refractivity contribution >= 4 is 23.5 Å². The fourth-order valence-electron chi connectivity index (χ4n) is 3.51. The second-order valence-electron chi connectivity index (χ2n) is 8.85. The molecule has 7 nitrogen and oxygen atoms in total. The Kier molecular flexibility index (Phi) is 6.95. The Labute approximate surface area is 183 Å². The predicted octanol–water partition coefficient (Wildman–Crippen LogP) is 3.69. The third-order valence-corrected chi connectivity index (χ3v) is 5.42. The lowest BCUT2D eigenvalue weighted by Gasteiger charge is -2.32. The van der Waals surface area contributed by atoms with Gasteiger partial charge in [0.1, 0.15) is 0 Å².